The fourth-order valence-electron chi connectivity index (χ4n) is 3.71. The van der Waals surface area contributed by atoms with Gasteiger partial charge in [-0.15, -0.1) is 0 Å². The van der Waals surface area contributed by atoms with Crippen molar-refractivity contribution in [1.82, 2.24) is 15.0 Å². The molecule has 182 valence electrons. The number of imidazole rings is 1. The lowest BCUT2D eigenvalue weighted by Gasteiger charge is -2.11. The van der Waals surface area contributed by atoms with Crippen LogP contribution in [0.25, 0.3) is 22.6 Å². The second-order valence-corrected chi connectivity index (χ2v) is 10.8. The summed E-state index contributed by atoms with van der Waals surface area (Å²) in [6, 6.07) is 9.23. The number of aryl methyl sites for hydroxylation is 1. The van der Waals surface area contributed by atoms with Crippen LogP contribution in [0.15, 0.2) is 47.1 Å². The van der Waals surface area contributed by atoms with Crippen molar-refractivity contribution in [2.45, 2.75) is 26.7 Å². The first-order valence-corrected chi connectivity index (χ1v) is 13.2. The zero-order chi connectivity index (χ0) is 25.3. The fourth-order valence-corrected chi connectivity index (χ4v) is 5.32. The van der Waals surface area contributed by atoms with Gasteiger partial charge in [0, 0.05) is 22.7 Å². The first-order chi connectivity index (χ1) is 16.6. The summed E-state index contributed by atoms with van der Waals surface area (Å²) in [6.07, 6.45) is 1.40. The molecule has 2 aromatic carbocycles. The van der Waals surface area contributed by atoms with Gasteiger partial charge < -0.3 is 4.98 Å². The van der Waals surface area contributed by atoms with Crippen LogP contribution < -0.4 is 4.72 Å². The zero-order valence-corrected chi connectivity index (χ0v) is 21.2. The van der Waals surface area contributed by atoms with E-state index >= 15 is 0 Å². The Kier molecular flexibility index (Phi) is 7.00. The highest BCUT2D eigenvalue weighted by Gasteiger charge is 2.23. The van der Waals surface area contributed by atoms with Gasteiger partial charge in [0.05, 0.1) is 22.5 Å². The van der Waals surface area contributed by atoms with Crippen molar-refractivity contribution in [3.05, 3.63) is 75.4 Å². The van der Waals surface area contributed by atoms with Gasteiger partial charge in [0.1, 0.15) is 11.6 Å². The number of Topliss-reactive ketones (excluding diaryl/α,β-unsaturated/α-hetero) is 1. The van der Waals surface area contributed by atoms with E-state index < -0.39 is 38.7 Å². The number of hydrogen-bond donors (Lipinski definition) is 2. The maximum absolute atomic E-state index is 14.9. The van der Waals surface area contributed by atoms with Crippen molar-refractivity contribution in [2.75, 3.05) is 10.5 Å². The van der Waals surface area contributed by atoms with E-state index in [1.165, 1.54) is 6.20 Å². The van der Waals surface area contributed by atoms with Crippen molar-refractivity contribution >= 4 is 48.6 Å². The number of rotatable bonds is 8. The minimum Gasteiger partial charge on any atom is -0.337 e. The minimum absolute atomic E-state index is 0.231. The second kappa shape index (κ2) is 9.82. The molecule has 0 aliphatic rings. The molecule has 4 aromatic rings. The third-order valence-electron chi connectivity index (χ3n) is 5.31. The molecular formula is C24H21BrF2N4O3S. The van der Waals surface area contributed by atoms with Gasteiger partial charge >= 0.3 is 0 Å². The van der Waals surface area contributed by atoms with Gasteiger partial charge in [-0.05, 0) is 60.9 Å². The lowest BCUT2D eigenvalue weighted by Crippen LogP contribution is -2.19. The molecule has 0 radical (unpaired) electrons. The molecule has 0 atom stereocenters. The standard InChI is InChI=1S/C24H21BrF2N4O3S/c1-3-8-35(33,34)31-18-7-6-17(26)21(22(18)27)20(32)11-14-10-19-24(28-12-14)30-23(29-19)16-5-4-15(25)9-13(16)2/h4-7,9-10,12,31H,3,8,11H2,1-2H3,(H,28,29,30). The summed E-state index contributed by atoms with van der Waals surface area (Å²) >= 11 is 3.43. The van der Waals surface area contributed by atoms with Crippen LogP contribution in [0.4, 0.5) is 14.5 Å². The number of anilines is 1. The van der Waals surface area contributed by atoms with E-state index in [1.54, 1.807) is 13.0 Å². The van der Waals surface area contributed by atoms with E-state index in [2.05, 4.69) is 35.6 Å². The van der Waals surface area contributed by atoms with Crippen LogP contribution in [-0.4, -0.2) is 34.9 Å². The van der Waals surface area contributed by atoms with Crippen molar-refractivity contribution in [1.29, 1.82) is 0 Å². The van der Waals surface area contributed by atoms with E-state index in [4.69, 9.17) is 0 Å². The van der Waals surface area contributed by atoms with Gasteiger partial charge in [-0.3, -0.25) is 9.52 Å². The van der Waals surface area contributed by atoms with Crippen LogP contribution in [0, 0.1) is 18.6 Å². The summed E-state index contributed by atoms with van der Waals surface area (Å²) in [5.74, 6) is -2.80. The second-order valence-electron chi connectivity index (χ2n) is 8.06. The number of carbonyl (C=O) groups is 1. The van der Waals surface area contributed by atoms with Crippen LogP contribution >= 0.6 is 15.9 Å². The Morgan fingerprint density at radius 1 is 1.17 bits per heavy atom. The Bertz CT molecular complexity index is 1550. The summed E-state index contributed by atoms with van der Waals surface area (Å²) in [4.78, 5) is 24.8. The molecular weight excluding hydrogens is 542 g/mol. The molecule has 4 rings (SSSR count). The maximum atomic E-state index is 14.9. The van der Waals surface area contributed by atoms with Crippen molar-refractivity contribution in [2.24, 2.45) is 0 Å². The van der Waals surface area contributed by atoms with Gasteiger partial charge in [-0.1, -0.05) is 22.9 Å². The number of hydrogen-bond acceptors (Lipinski definition) is 5. The number of halogens is 3. The number of pyridine rings is 1. The quantitative estimate of drug-likeness (QED) is 0.274. The molecule has 2 N–H and O–H groups in total. The van der Waals surface area contributed by atoms with Crippen molar-refractivity contribution in [3.8, 4) is 11.4 Å². The first kappa shape index (κ1) is 24.9. The topological polar surface area (TPSA) is 105 Å². The van der Waals surface area contributed by atoms with E-state index in [-0.39, 0.29) is 12.2 Å². The number of carbonyl (C=O) groups excluding carboxylic acids is 1. The number of benzene rings is 2. The van der Waals surface area contributed by atoms with Gasteiger partial charge in [0.2, 0.25) is 10.0 Å². The predicted octanol–water partition coefficient (Wildman–Crippen LogP) is 5.55. The molecule has 0 bridgehead atoms. The number of nitrogens with one attached hydrogen (secondary N) is 2. The number of sulfonamides is 1. The maximum Gasteiger partial charge on any atom is 0.232 e. The summed E-state index contributed by atoms with van der Waals surface area (Å²) in [5, 5.41) is 0. The first-order valence-electron chi connectivity index (χ1n) is 10.7. The molecule has 2 aromatic heterocycles. The van der Waals surface area contributed by atoms with E-state index in [0.717, 1.165) is 27.7 Å². The highest BCUT2D eigenvalue weighted by Crippen LogP contribution is 2.27. The Balaban J connectivity index is 1.62. The Labute approximate surface area is 209 Å². The Morgan fingerprint density at radius 2 is 1.94 bits per heavy atom. The van der Waals surface area contributed by atoms with E-state index in [0.29, 0.717) is 29.0 Å². The normalized spacial score (nSPS) is 11.7. The Hall–Kier alpha value is -3.18. The molecule has 0 unspecified atom stereocenters. The van der Waals surface area contributed by atoms with E-state index in [1.807, 2.05) is 25.1 Å². The van der Waals surface area contributed by atoms with Crippen LogP contribution in [0.2, 0.25) is 0 Å². The molecule has 0 spiro atoms. The highest BCUT2D eigenvalue weighted by molar-refractivity contribution is 9.10. The lowest BCUT2D eigenvalue weighted by atomic mass is 10.0. The molecule has 0 amide bonds. The average Bonchev–Trinajstić information content (AvgIpc) is 3.18. The SMILES string of the molecule is CCCS(=O)(=O)Nc1ccc(F)c(C(=O)Cc2cnc3nc(-c4ccc(Br)cc4C)[nH]c3c2)c1F. The Morgan fingerprint density at radius 3 is 2.66 bits per heavy atom. The van der Waals surface area contributed by atoms with Gasteiger partial charge in [0.15, 0.2) is 17.2 Å². The lowest BCUT2D eigenvalue weighted by molar-refractivity contribution is 0.0985. The summed E-state index contributed by atoms with van der Waals surface area (Å²) < 4.78 is 56.4. The number of aromatic amines is 1. The van der Waals surface area contributed by atoms with Crippen LogP contribution in [-0.2, 0) is 16.4 Å². The predicted molar refractivity (Wildman–Crippen MR) is 134 cm³/mol. The smallest absolute Gasteiger partial charge is 0.232 e. The number of aromatic nitrogens is 3. The molecule has 0 saturated carbocycles. The van der Waals surface area contributed by atoms with Gasteiger partial charge in [-0.25, -0.2) is 27.2 Å². The third kappa shape index (κ3) is 5.40. The zero-order valence-electron chi connectivity index (χ0n) is 18.8. The molecule has 0 saturated heterocycles. The van der Waals surface area contributed by atoms with Gasteiger partial charge in [0.25, 0.3) is 0 Å². The monoisotopic (exact) mass is 562 g/mol. The number of fused-ring (bicyclic) bond motifs is 1. The molecule has 0 aliphatic carbocycles. The molecule has 11 heteroatoms. The molecule has 7 nitrogen and oxygen atoms in total. The molecule has 0 aliphatic heterocycles. The number of ketones is 1. The number of nitrogens with zero attached hydrogens (tertiary/aromatic N) is 2. The van der Waals surface area contributed by atoms with E-state index in [9.17, 15) is 22.0 Å². The van der Waals surface area contributed by atoms with Crippen LogP contribution in [0.1, 0.15) is 34.8 Å². The highest BCUT2D eigenvalue weighted by atomic mass is 79.9. The molecule has 35 heavy (non-hydrogen) atoms. The summed E-state index contributed by atoms with van der Waals surface area (Å²) in [7, 11) is -3.82. The van der Waals surface area contributed by atoms with Crippen molar-refractivity contribution < 1.29 is 22.0 Å². The van der Waals surface area contributed by atoms with Crippen molar-refractivity contribution in [3.63, 3.8) is 0 Å². The summed E-state index contributed by atoms with van der Waals surface area (Å²) in [6.45, 7) is 3.60. The summed E-state index contributed by atoms with van der Waals surface area (Å²) in [5.41, 5.74) is 2.01. The molecule has 2 heterocycles. The minimum atomic E-state index is -3.82. The van der Waals surface area contributed by atoms with Crippen LogP contribution in [0.3, 0.4) is 0 Å². The average molecular weight is 563 g/mol. The van der Waals surface area contributed by atoms with Crippen LogP contribution in [0.5, 0.6) is 0 Å². The fraction of sp³-hybridized carbons (Fsp3) is 0.208. The molecule has 0 fully saturated rings. The number of H-pyrrole nitrogens is 1. The third-order valence-corrected chi connectivity index (χ3v) is 7.28. The van der Waals surface area contributed by atoms with Gasteiger partial charge in [-0.2, -0.15) is 0 Å². The largest absolute Gasteiger partial charge is 0.337 e.